The van der Waals surface area contributed by atoms with E-state index < -0.39 is 0 Å². The number of piperidine rings is 1. The molecule has 1 aliphatic heterocycles. The lowest BCUT2D eigenvalue weighted by Crippen LogP contribution is -2.30. The minimum atomic E-state index is -0.210. The Labute approximate surface area is 138 Å². The van der Waals surface area contributed by atoms with Gasteiger partial charge >= 0.3 is 0 Å². The number of halogens is 1. The summed E-state index contributed by atoms with van der Waals surface area (Å²) in [4.78, 5) is 13.6. The smallest absolute Gasteiger partial charge is 0.141 e. The maximum atomic E-state index is 13.3. The number of hydrogen-bond acceptors (Lipinski definition) is 4. The van der Waals surface area contributed by atoms with Crippen molar-refractivity contribution in [3.63, 3.8) is 0 Å². The van der Waals surface area contributed by atoms with Crippen LogP contribution in [0.2, 0.25) is 0 Å². The molecule has 0 saturated carbocycles. The summed E-state index contributed by atoms with van der Waals surface area (Å²) in [5.74, 6) is 0.816. The highest BCUT2D eigenvalue weighted by Crippen LogP contribution is 2.41. The van der Waals surface area contributed by atoms with Gasteiger partial charge in [0.2, 0.25) is 0 Å². The molecule has 3 aromatic rings. The summed E-state index contributed by atoms with van der Waals surface area (Å²) in [6, 6.07) is 6.72. The van der Waals surface area contributed by atoms with Crippen LogP contribution >= 0.6 is 11.3 Å². The van der Waals surface area contributed by atoms with Crippen LogP contribution < -0.4 is 4.90 Å². The van der Waals surface area contributed by atoms with E-state index in [4.69, 9.17) is 0 Å². The Morgan fingerprint density at radius 2 is 1.78 bits per heavy atom. The Hall–Kier alpha value is -2.01. The number of aryl methyl sites for hydroxylation is 1. The number of anilines is 1. The Morgan fingerprint density at radius 1 is 1.04 bits per heavy atom. The zero-order chi connectivity index (χ0) is 15.8. The topological polar surface area (TPSA) is 29.0 Å². The maximum Gasteiger partial charge on any atom is 0.141 e. The van der Waals surface area contributed by atoms with Gasteiger partial charge in [0.1, 0.15) is 22.8 Å². The van der Waals surface area contributed by atoms with E-state index in [0.717, 1.165) is 40.3 Å². The number of fused-ring (bicyclic) bond motifs is 1. The Bertz CT molecular complexity index is 835. The van der Waals surface area contributed by atoms with Gasteiger partial charge < -0.3 is 4.90 Å². The number of thiophene rings is 1. The molecule has 3 heterocycles. The molecule has 0 atom stereocenters. The van der Waals surface area contributed by atoms with Crippen molar-refractivity contribution >= 4 is 27.4 Å². The molecular formula is C18H18FN3S. The number of benzene rings is 1. The fourth-order valence-electron chi connectivity index (χ4n) is 3.34. The van der Waals surface area contributed by atoms with E-state index >= 15 is 0 Å². The molecule has 0 radical (unpaired) electrons. The highest BCUT2D eigenvalue weighted by atomic mass is 32.1. The summed E-state index contributed by atoms with van der Waals surface area (Å²) in [6.07, 6.45) is 5.37. The average molecular weight is 327 g/mol. The molecule has 1 aliphatic rings. The van der Waals surface area contributed by atoms with Crippen molar-refractivity contribution in [2.24, 2.45) is 0 Å². The minimum absolute atomic E-state index is 0.210. The largest absolute Gasteiger partial charge is 0.356 e. The third-order valence-electron chi connectivity index (χ3n) is 4.43. The molecule has 2 aromatic heterocycles. The molecule has 1 fully saturated rings. The predicted octanol–water partition coefficient (Wildman–Crippen LogP) is 4.80. The van der Waals surface area contributed by atoms with Gasteiger partial charge in [-0.25, -0.2) is 14.4 Å². The fourth-order valence-corrected chi connectivity index (χ4v) is 4.35. The van der Waals surface area contributed by atoms with Crippen LogP contribution in [0.5, 0.6) is 0 Å². The van der Waals surface area contributed by atoms with Gasteiger partial charge in [-0.1, -0.05) is 12.1 Å². The molecule has 0 aliphatic carbocycles. The second-order valence-corrected chi connectivity index (χ2v) is 7.17. The Balaban J connectivity index is 1.92. The van der Waals surface area contributed by atoms with Crippen LogP contribution in [0.15, 0.2) is 30.6 Å². The molecule has 1 aromatic carbocycles. The first-order chi connectivity index (χ1) is 11.2. The molecule has 0 amide bonds. The molecule has 3 nitrogen and oxygen atoms in total. The van der Waals surface area contributed by atoms with E-state index in [-0.39, 0.29) is 5.82 Å². The van der Waals surface area contributed by atoms with Crippen LogP contribution in [0.1, 0.15) is 24.1 Å². The van der Waals surface area contributed by atoms with Crippen molar-refractivity contribution in [3.05, 3.63) is 41.3 Å². The molecule has 0 unspecified atom stereocenters. The molecule has 118 valence electrons. The van der Waals surface area contributed by atoms with Gasteiger partial charge in [0, 0.05) is 23.5 Å². The monoisotopic (exact) mass is 327 g/mol. The first-order valence-corrected chi connectivity index (χ1v) is 8.80. The summed E-state index contributed by atoms with van der Waals surface area (Å²) in [5, 5.41) is 1.11. The first kappa shape index (κ1) is 14.6. The van der Waals surface area contributed by atoms with Gasteiger partial charge in [-0.05, 0) is 43.9 Å². The number of hydrogen-bond donors (Lipinski definition) is 0. The van der Waals surface area contributed by atoms with E-state index in [1.54, 1.807) is 17.7 Å². The van der Waals surface area contributed by atoms with E-state index in [0.29, 0.717) is 0 Å². The van der Waals surface area contributed by atoms with Crippen molar-refractivity contribution in [2.45, 2.75) is 26.2 Å². The predicted molar refractivity (Wildman–Crippen MR) is 93.6 cm³/mol. The van der Waals surface area contributed by atoms with Crippen LogP contribution in [0, 0.1) is 12.7 Å². The Morgan fingerprint density at radius 3 is 2.52 bits per heavy atom. The number of nitrogens with zero attached hydrogens (tertiary/aromatic N) is 3. The van der Waals surface area contributed by atoms with Crippen molar-refractivity contribution in [1.82, 2.24) is 9.97 Å². The lowest BCUT2D eigenvalue weighted by atomic mass is 10.0. The summed E-state index contributed by atoms with van der Waals surface area (Å²) >= 11 is 1.68. The van der Waals surface area contributed by atoms with Crippen molar-refractivity contribution in [1.29, 1.82) is 0 Å². The number of aromatic nitrogens is 2. The zero-order valence-corrected chi connectivity index (χ0v) is 13.9. The second kappa shape index (κ2) is 5.89. The molecule has 0 bridgehead atoms. The van der Waals surface area contributed by atoms with Crippen LogP contribution in [0.4, 0.5) is 10.2 Å². The molecule has 0 N–H and O–H groups in total. The zero-order valence-electron chi connectivity index (χ0n) is 13.1. The Kier molecular flexibility index (Phi) is 3.73. The molecule has 1 saturated heterocycles. The normalized spacial score (nSPS) is 15.3. The van der Waals surface area contributed by atoms with Gasteiger partial charge in [-0.3, -0.25) is 0 Å². The quantitative estimate of drug-likeness (QED) is 0.677. The van der Waals surface area contributed by atoms with E-state index in [9.17, 15) is 4.39 Å². The van der Waals surface area contributed by atoms with Gasteiger partial charge in [0.15, 0.2) is 0 Å². The van der Waals surface area contributed by atoms with Crippen molar-refractivity contribution in [3.8, 4) is 11.1 Å². The molecule has 23 heavy (non-hydrogen) atoms. The highest BCUT2D eigenvalue weighted by molar-refractivity contribution is 7.19. The average Bonchev–Trinajstić information content (AvgIpc) is 2.92. The van der Waals surface area contributed by atoms with Gasteiger partial charge in [0.05, 0.1) is 5.39 Å². The SMILES string of the molecule is Cc1sc2ncnc(N3CCCCC3)c2c1-c1ccc(F)cc1. The van der Waals surface area contributed by atoms with Gasteiger partial charge in [-0.2, -0.15) is 0 Å². The van der Waals surface area contributed by atoms with E-state index in [1.165, 1.54) is 36.3 Å². The minimum Gasteiger partial charge on any atom is -0.356 e. The third kappa shape index (κ3) is 2.59. The standard InChI is InChI=1S/C18H18FN3S/c1-12-15(13-5-7-14(19)8-6-13)16-17(20-11-21-18(16)23-12)22-9-3-2-4-10-22/h5-8,11H,2-4,9-10H2,1H3. The molecule has 5 heteroatoms. The van der Waals surface area contributed by atoms with Crippen LogP contribution in [0.25, 0.3) is 21.3 Å². The lowest BCUT2D eigenvalue weighted by molar-refractivity contribution is 0.574. The van der Waals surface area contributed by atoms with E-state index in [2.05, 4.69) is 21.8 Å². The summed E-state index contributed by atoms with van der Waals surface area (Å²) in [5.41, 5.74) is 2.18. The van der Waals surface area contributed by atoms with Gasteiger partial charge in [-0.15, -0.1) is 11.3 Å². The lowest BCUT2D eigenvalue weighted by Gasteiger charge is -2.28. The maximum absolute atomic E-state index is 13.3. The molecule has 0 spiro atoms. The van der Waals surface area contributed by atoms with Crippen molar-refractivity contribution < 1.29 is 4.39 Å². The fraction of sp³-hybridized carbons (Fsp3) is 0.333. The molecule has 4 rings (SSSR count). The third-order valence-corrected chi connectivity index (χ3v) is 5.45. The van der Waals surface area contributed by atoms with Crippen LogP contribution in [0.3, 0.4) is 0 Å². The van der Waals surface area contributed by atoms with Crippen molar-refractivity contribution in [2.75, 3.05) is 18.0 Å². The van der Waals surface area contributed by atoms with Crippen LogP contribution in [-0.4, -0.2) is 23.1 Å². The molecular weight excluding hydrogens is 309 g/mol. The number of rotatable bonds is 2. The van der Waals surface area contributed by atoms with E-state index in [1.807, 2.05) is 12.1 Å². The highest BCUT2D eigenvalue weighted by Gasteiger charge is 2.21. The summed E-state index contributed by atoms with van der Waals surface area (Å²) in [7, 11) is 0. The van der Waals surface area contributed by atoms with Gasteiger partial charge in [0.25, 0.3) is 0 Å². The summed E-state index contributed by atoms with van der Waals surface area (Å²) < 4.78 is 13.3. The second-order valence-electron chi connectivity index (χ2n) is 5.97. The first-order valence-electron chi connectivity index (χ1n) is 7.99. The summed E-state index contributed by atoms with van der Waals surface area (Å²) in [6.45, 7) is 4.19. The van der Waals surface area contributed by atoms with Crippen LogP contribution in [-0.2, 0) is 0 Å².